The van der Waals surface area contributed by atoms with Gasteiger partial charge in [0.15, 0.2) is 0 Å². The molecule has 56 heavy (non-hydrogen) atoms. The minimum absolute atomic E-state index is 0.560. The fourth-order valence-corrected chi connectivity index (χ4v) is 9.53. The number of rotatable bonds is 4. The second kappa shape index (κ2) is 11.8. The molecule has 3 nitrogen and oxygen atoms in total. The lowest BCUT2D eigenvalue weighted by Crippen LogP contribution is -2.32. The standard InChI is InChI=1S/C53H33NO2/c1-2-12-34(13-3-1)35-22-25-37(26-23-35)54(39-28-31-49-42(32-39)41-16-6-9-19-48(41)55-49)38-27-30-44-43(33-38)52-40-15-5-4-14-36(40)24-29-47(52)53(44)45-17-7-10-20-50(45)56-51-21-11-8-18-46(51)53/h1-33H. The Morgan fingerprint density at radius 3 is 1.77 bits per heavy atom. The molecule has 9 aromatic carbocycles. The molecule has 0 bridgehead atoms. The van der Waals surface area contributed by atoms with Gasteiger partial charge in [-0.05, 0) is 105 Å². The monoisotopic (exact) mass is 715 g/mol. The Morgan fingerprint density at radius 2 is 0.964 bits per heavy atom. The molecule has 3 heteroatoms. The number of furan rings is 1. The van der Waals surface area contributed by atoms with Gasteiger partial charge >= 0.3 is 0 Å². The highest BCUT2D eigenvalue weighted by Crippen LogP contribution is 2.63. The van der Waals surface area contributed by atoms with E-state index in [1.807, 2.05) is 12.1 Å². The van der Waals surface area contributed by atoms with Gasteiger partial charge in [-0.2, -0.15) is 0 Å². The van der Waals surface area contributed by atoms with Crippen molar-refractivity contribution in [3.8, 4) is 33.8 Å². The Bertz CT molecular complexity index is 3130. The maximum Gasteiger partial charge on any atom is 0.135 e. The summed E-state index contributed by atoms with van der Waals surface area (Å²) in [6, 6.07) is 72.0. The first-order valence-electron chi connectivity index (χ1n) is 19.2. The van der Waals surface area contributed by atoms with Crippen LogP contribution in [-0.2, 0) is 5.41 Å². The third-order valence-corrected chi connectivity index (χ3v) is 11.9. The van der Waals surface area contributed by atoms with Crippen molar-refractivity contribution in [2.75, 3.05) is 4.90 Å². The van der Waals surface area contributed by atoms with Gasteiger partial charge in [-0.1, -0.05) is 140 Å². The van der Waals surface area contributed by atoms with Crippen LogP contribution >= 0.6 is 0 Å². The van der Waals surface area contributed by atoms with E-state index in [1.165, 1.54) is 44.2 Å². The van der Waals surface area contributed by atoms with E-state index in [4.69, 9.17) is 9.15 Å². The molecule has 0 saturated carbocycles. The van der Waals surface area contributed by atoms with Crippen molar-refractivity contribution >= 4 is 49.8 Å². The maximum atomic E-state index is 6.64. The predicted octanol–water partition coefficient (Wildman–Crippen LogP) is 14.3. The first-order valence-corrected chi connectivity index (χ1v) is 19.2. The Kier molecular flexibility index (Phi) is 6.55. The van der Waals surface area contributed by atoms with Crippen LogP contribution in [0.1, 0.15) is 22.3 Å². The molecule has 0 amide bonds. The van der Waals surface area contributed by atoms with E-state index in [0.29, 0.717) is 0 Å². The lowest BCUT2D eigenvalue weighted by molar-refractivity contribution is 0.436. The van der Waals surface area contributed by atoms with E-state index in [0.717, 1.165) is 61.6 Å². The summed E-state index contributed by atoms with van der Waals surface area (Å²) in [5, 5.41) is 4.67. The van der Waals surface area contributed by atoms with Crippen LogP contribution in [0.15, 0.2) is 205 Å². The number of fused-ring (bicyclic) bond motifs is 14. The minimum atomic E-state index is -0.560. The molecule has 0 unspecified atom stereocenters. The molecule has 262 valence electrons. The first-order chi connectivity index (χ1) is 27.8. The van der Waals surface area contributed by atoms with Crippen LogP contribution in [0.5, 0.6) is 11.5 Å². The van der Waals surface area contributed by atoms with Gasteiger partial charge in [0.1, 0.15) is 22.7 Å². The van der Waals surface area contributed by atoms with E-state index in [-0.39, 0.29) is 0 Å². The number of benzene rings is 9. The van der Waals surface area contributed by atoms with Crippen molar-refractivity contribution in [3.63, 3.8) is 0 Å². The second-order valence-electron chi connectivity index (χ2n) is 14.8. The molecule has 0 fully saturated rings. The Balaban J connectivity index is 1.13. The van der Waals surface area contributed by atoms with Crippen molar-refractivity contribution in [2.45, 2.75) is 5.41 Å². The van der Waals surface area contributed by atoms with Crippen molar-refractivity contribution in [2.24, 2.45) is 0 Å². The van der Waals surface area contributed by atoms with Crippen LogP contribution in [0.2, 0.25) is 0 Å². The molecule has 0 radical (unpaired) electrons. The average molecular weight is 716 g/mol. The summed E-state index contributed by atoms with van der Waals surface area (Å²) >= 11 is 0. The largest absolute Gasteiger partial charge is 0.457 e. The number of para-hydroxylation sites is 3. The van der Waals surface area contributed by atoms with Gasteiger partial charge in [0.25, 0.3) is 0 Å². The van der Waals surface area contributed by atoms with E-state index >= 15 is 0 Å². The Labute approximate surface area is 324 Å². The fourth-order valence-electron chi connectivity index (χ4n) is 9.53. The van der Waals surface area contributed by atoms with Gasteiger partial charge < -0.3 is 14.1 Å². The molecule has 0 atom stereocenters. The number of hydrogen-bond donors (Lipinski definition) is 0. The first kappa shape index (κ1) is 31.0. The van der Waals surface area contributed by atoms with Crippen molar-refractivity contribution in [3.05, 3.63) is 222 Å². The van der Waals surface area contributed by atoms with E-state index in [9.17, 15) is 0 Å². The highest BCUT2D eigenvalue weighted by atomic mass is 16.5. The van der Waals surface area contributed by atoms with Crippen LogP contribution < -0.4 is 9.64 Å². The molecule has 12 rings (SSSR count). The van der Waals surface area contributed by atoms with Gasteiger partial charge in [-0.15, -0.1) is 0 Å². The van der Waals surface area contributed by atoms with E-state index in [2.05, 4.69) is 193 Å². The second-order valence-corrected chi connectivity index (χ2v) is 14.8. The molecule has 2 heterocycles. The van der Waals surface area contributed by atoms with Crippen LogP contribution in [0.25, 0.3) is 55.0 Å². The lowest BCUT2D eigenvalue weighted by Gasteiger charge is -2.39. The SMILES string of the molecule is c1ccc(-c2ccc(N(c3ccc4c(c3)-c3c(ccc5ccccc35)C43c4ccccc4Oc4ccccc43)c3ccc4oc5ccccc5c4c3)cc2)cc1. The minimum Gasteiger partial charge on any atom is -0.457 e. The molecule has 1 aliphatic carbocycles. The maximum absolute atomic E-state index is 6.64. The van der Waals surface area contributed by atoms with Crippen molar-refractivity contribution < 1.29 is 9.15 Å². The van der Waals surface area contributed by atoms with Crippen LogP contribution in [0.3, 0.4) is 0 Å². The van der Waals surface area contributed by atoms with Crippen LogP contribution in [-0.4, -0.2) is 0 Å². The normalized spacial score (nSPS) is 13.3. The van der Waals surface area contributed by atoms with E-state index < -0.39 is 5.41 Å². The third kappa shape index (κ3) is 4.34. The topological polar surface area (TPSA) is 25.6 Å². The molecular formula is C53H33NO2. The van der Waals surface area contributed by atoms with Gasteiger partial charge in [0.2, 0.25) is 0 Å². The molecule has 0 N–H and O–H groups in total. The zero-order valence-electron chi connectivity index (χ0n) is 30.3. The Hall–Kier alpha value is -7.36. The summed E-state index contributed by atoms with van der Waals surface area (Å²) in [7, 11) is 0. The van der Waals surface area contributed by atoms with Gasteiger partial charge in [-0.25, -0.2) is 0 Å². The van der Waals surface area contributed by atoms with Crippen LogP contribution in [0.4, 0.5) is 17.1 Å². The molecule has 1 spiro atoms. The summed E-state index contributed by atoms with van der Waals surface area (Å²) in [4.78, 5) is 2.39. The summed E-state index contributed by atoms with van der Waals surface area (Å²) < 4.78 is 12.9. The Morgan fingerprint density at radius 1 is 0.375 bits per heavy atom. The quantitative estimate of drug-likeness (QED) is 0.181. The predicted molar refractivity (Wildman–Crippen MR) is 229 cm³/mol. The summed E-state index contributed by atoms with van der Waals surface area (Å²) in [6.07, 6.45) is 0. The van der Waals surface area contributed by atoms with Gasteiger partial charge in [-0.3, -0.25) is 0 Å². The van der Waals surface area contributed by atoms with E-state index in [1.54, 1.807) is 0 Å². The lowest BCUT2D eigenvalue weighted by atomic mass is 9.66. The summed E-state index contributed by atoms with van der Waals surface area (Å²) in [5.41, 5.74) is 14.1. The molecule has 1 aromatic heterocycles. The summed E-state index contributed by atoms with van der Waals surface area (Å²) in [6.45, 7) is 0. The van der Waals surface area contributed by atoms with Gasteiger partial charge in [0.05, 0.1) is 5.41 Å². The fraction of sp³-hybridized carbons (Fsp3) is 0.0189. The van der Waals surface area contributed by atoms with Crippen molar-refractivity contribution in [1.82, 2.24) is 0 Å². The zero-order chi connectivity index (χ0) is 36.8. The molecule has 2 aliphatic rings. The van der Waals surface area contributed by atoms with Crippen LogP contribution in [0, 0.1) is 0 Å². The number of nitrogens with zero attached hydrogens (tertiary/aromatic N) is 1. The highest BCUT2D eigenvalue weighted by Gasteiger charge is 2.51. The van der Waals surface area contributed by atoms with Crippen molar-refractivity contribution in [1.29, 1.82) is 0 Å². The third-order valence-electron chi connectivity index (χ3n) is 11.9. The molecular weight excluding hydrogens is 683 g/mol. The zero-order valence-corrected chi connectivity index (χ0v) is 30.3. The number of anilines is 3. The number of hydrogen-bond acceptors (Lipinski definition) is 3. The highest BCUT2D eigenvalue weighted by molar-refractivity contribution is 6.08. The van der Waals surface area contributed by atoms with Gasteiger partial charge in [0, 0.05) is 39.0 Å². The molecule has 1 aliphatic heterocycles. The molecule has 0 saturated heterocycles. The summed E-state index contributed by atoms with van der Waals surface area (Å²) in [5.74, 6) is 1.78. The molecule has 10 aromatic rings. The number of ether oxygens (including phenoxy) is 1. The average Bonchev–Trinajstić information content (AvgIpc) is 3.78. The smallest absolute Gasteiger partial charge is 0.135 e.